The zero-order valence-electron chi connectivity index (χ0n) is 13.9. The average Bonchev–Trinajstić information content (AvgIpc) is 2.58. The Morgan fingerprint density at radius 2 is 2.04 bits per heavy atom. The van der Waals surface area contributed by atoms with Gasteiger partial charge in [-0.15, -0.1) is 0 Å². The molecular weight excluding hydrogens is 306 g/mol. The van der Waals surface area contributed by atoms with Crippen LogP contribution in [0.2, 0.25) is 0 Å². The van der Waals surface area contributed by atoms with Crippen molar-refractivity contribution in [1.82, 2.24) is 4.98 Å². The molecule has 5 nitrogen and oxygen atoms in total. The molecule has 1 N–H and O–H groups in total. The van der Waals surface area contributed by atoms with E-state index < -0.39 is 5.60 Å². The van der Waals surface area contributed by atoms with E-state index in [1.165, 1.54) is 20.2 Å². The van der Waals surface area contributed by atoms with Gasteiger partial charge < -0.3 is 14.6 Å². The molecule has 5 heteroatoms. The first-order chi connectivity index (χ1) is 11.5. The first-order valence-electron chi connectivity index (χ1n) is 7.95. The van der Waals surface area contributed by atoms with Crippen LogP contribution < -0.4 is 4.74 Å². The van der Waals surface area contributed by atoms with Crippen LogP contribution in [0.1, 0.15) is 41.3 Å². The number of carbonyl (C=O) groups is 1. The summed E-state index contributed by atoms with van der Waals surface area (Å²) in [5, 5.41) is 10.9. The summed E-state index contributed by atoms with van der Waals surface area (Å²) in [6.07, 6.45) is 2.36. The van der Waals surface area contributed by atoms with Crippen molar-refractivity contribution in [2.24, 2.45) is 0 Å². The first-order valence-corrected chi connectivity index (χ1v) is 7.95. The van der Waals surface area contributed by atoms with Gasteiger partial charge in [-0.25, -0.2) is 4.98 Å². The number of nitrogens with zero attached hydrogens (tertiary/aromatic N) is 1. The topological polar surface area (TPSA) is 68.7 Å². The summed E-state index contributed by atoms with van der Waals surface area (Å²) in [7, 11) is 1.50. The minimum Gasteiger partial charge on any atom is -0.481 e. The van der Waals surface area contributed by atoms with E-state index in [2.05, 4.69) is 4.98 Å². The maximum Gasteiger partial charge on any atom is 0.219 e. The highest BCUT2D eigenvalue weighted by Crippen LogP contribution is 2.46. The van der Waals surface area contributed by atoms with Crippen LogP contribution in [0.25, 0.3) is 0 Å². The van der Waals surface area contributed by atoms with E-state index in [1.54, 1.807) is 6.07 Å². The fourth-order valence-corrected chi connectivity index (χ4v) is 2.96. The van der Waals surface area contributed by atoms with Gasteiger partial charge in [0, 0.05) is 30.2 Å². The molecule has 126 valence electrons. The van der Waals surface area contributed by atoms with Gasteiger partial charge in [-0.2, -0.15) is 0 Å². The lowest BCUT2D eigenvalue weighted by atomic mass is 9.72. The standard InChI is InChI=1S/C19H21NO4/c1-13(21)15-8-17(18(23-2)20-11-15)19(22)9-16(10-19)24-12-14-6-4-3-5-7-14/h3-8,11,16,22H,9-10,12H2,1-2H3. The molecule has 1 heterocycles. The van der Waals surface area contributed by atoms with E-state index >= 15 is 0 Å². The Labute approximate surface area is 141 Å². The lowest BCUT2D eigenvalue weighted by molar-refractivity contribution is -0.150. The molecule has 1 fully saturated rings. The van der Waals surface area contributed by atoms with Gasteiger partial charge in [0.05, 0.1) is 25.4 Å². The van der Waals surface area contributed by atoms with E-state index in [9.17, 15) is 9.90 Å². The Morgan fingerprint density at radius 1 is 1.33 bits per heavy atom. The molecule has 1 aromatic heterocycles. The number of aliphatic hydroxyl groups is 1. The second-order valence-electron chi connectivity index (χ2n) is 6.20. The number of pyridine rings is 1. The zero-order valence-corrected chi connectivity index (χ0v) is 13.9. The second kappa shape index (κ2) is 6.71. The predicted molar refractivity (Wildman–Crippen MR) is 88.9 cm³/mol. The van der Waals surface area contributed by atoms with Crippen molar-refractivity contribution in [3.8, 4) is 5.88 Å². The van der Waals surface area contributed by atoms with Gasteiger partial charge in [0.1, 0.15) is 0 Å². The zero-order chi connectivity index (χ0) is 17.2. The lowest BCUT2D eigenvalue weighted by Gasteiger charge is -2.43. The molecule has 2 aromatic rings. The van der Waals surface area contributed by atoms with Crippen LogP contribution in [-0.4, -0.2) is 29.1 Å². The van der Waals surface area contributed by atoms with Gasteiger partial charge in [0.2, 0.25) is 5.88 Å². The number of Topliss-reactive ketones (excluding diaryl/α,β-unsaturated/α-hetero) is 1. The summed E-state index contributed by atoms with van der Waals surface area (Å²) < 4.78 is 11.1. The first kappa shape index (κ1) is 16.6. The van der Waals surface area contributed by atoms with Crippen LogP contribution in [0.4, 0.5) is 0 Å². The number of carbonyl (C=O) groups excluding carboxylic acids is 1. The van der Waals surface area contributed by atoms with Crippen molar-refractivity contribution in [2.45, 2.75) is 38.1 Å². The van der Waals surface area contributed by atoms with Gasteiger partial charge in [0.15, 0.2) is 5.78 Å². The number of hydrogen-bond donors (Lipinski definition) is 1. The van der Waals surface area contributed by atoms with Crippen molar-refractivity contribution in [3.63, 3.8) is 0 Å². The third-order valence-electron chi connectivity index (χ3n) is 4.41. The van der Waals surface area contributed by atoms with E-state index in [1.807, 2.05) is 30.3 Å². The van der Waals surface area contributed by atoms with Crippen LogP contribution in [0.15, 0.2) is 42.6 Å². The van der Waals surface area contributed by atoms with Crippen LogP contribution in [0.5, 0.6) is 5.88 Å². The molecular formula is C19H21NO4. The minimum absolute atomic E-state index is 0.0269. The highest BCUT2D eigenvalue weighted by molar-refractivity contribution is 5.94. The monoisotopic (exact) mass is 327 g/mol. The molecule has 0 amide bonds. The molecule has 0 bridgehead atoms. The van der Waals surface area contributed by atoms with Gasteiger partial charge in [0.25, 0.3) is 0 Å². The number of benzene rings is 1. The Morgan fingerprint density at radius 3 is 2.67 bits per heavy atom. The number of ketones is 1. The predicted octanol–water partition coefficient (Wildman–Crippen LogP) is 2.86. The van der Waals surface area contributed by atoms with E-state index in [0.717, 1.165) is 5.56 Å². The lowest BCUT2D eigenvalue weighted by Crippen LogP contribution is -2.46. The molecule has 0 unspecified atom stereocenters. The minimum atomic E-state index is -1.06. The number of rotatable bonds is 6. The highest BCUT2D eigenvalue weighted by Gasteiger charge is 2.47. The molecule has 1 aliphatic carbocycles. The fraction of sp³-hybridized carbons (Fsp3) is 0.368. The molecule has 0 spiro atoms. The van der Waals surface area contributed by atoms with Crippen LogP contribution in [0.3, 0.4) is 0 Å². The molecule has 1 aromatic carbocycles. The number of methoxy groups -OCH3 is 1. The smallest absolute Gasteiger partial charge is 0.219 e. The van der Waals surface area contributed by atoms with Gasteiger partial charge in [-0.05, 0) is 18.6 Å². The van der Waals surface area contributed by atoms with Gasteiger partial charge in [-0.3, -0.25) is 4.79 Å². The maximum absolute atomic E-state index is 11.6. The molecule has 0 saturated heterocycles. The number of hydrogen-bond acceptors (Lipinski definition) is 5. The van der Waals surface area contributed by atoms with Crippen molar-refractivity contribution >= 4 is 5.78 Å². The van der Waals surface area contributed by atoms with Gasteiger partial charge in [-0.1, -0.05) is 30.3 Å². The molecule has 0 atom stereocenters. The molecule has 1 aliphatic rings. The van der Waals surface area contributed by atoms with Gasteiger partial charge >= 0.3 is 0 Å². The Hall–Kier alpha value is -2.24. The summed E-state index contributed by atoms with van der Waals surface area (Å²) in [6, 6.07) is 11.6. The van der Waals surface area contributed by atoms with Crippen molar-refractivity contribution < 1.29 is 19.4 Å². The summed E-state index contributed by atoms with van der Waals surface area (Å²) in [5.41, 5.74) is 1.06. The van der Waals surface area contributed by atoms with Crippen LogP contribution >= 0.6 is 0 Å². The summed E-state index contributed by atoms with van der Waals surface area (Å²) in [6.45, 7) is 1.99. The number of ether oxygens (including phenoxy) is 2. The molecule has 1 saturated carbocycles. The third-order valence-corrected chi connectivity index (χ3v) is 4.41. The summed E-state index contributed by atoms with van der Waals surface area (Å²) in [5.74, 6) is 0.259. The normalized spacial score (nSPS) is 22.7. The number of aromatic nitrogens is 1. The molecule has 0 radical (unpaired) electrons. The summed E-state index contributed by atoms with van der Waals surface area (Å²) in [4.78, 5) is 15.7. The molecule has 3 rings (SSSR count). The van der Waals surface area contributed by atoms with E-state index in [-0.39, 0.29) is 11.9 Å². The third kappa shape index (κ3) is 3.32. The van der Waals surface area contributed by atoms with Crippen LogP contribution in [0, 0.1) is 0 Å². The van der Waals surface area contributed by atoms with E-state index in [0.29, 0.717) is 36.5 Å². The molecule has 0 aliphatic heterocycles. The Kier molecular flexibility index (Phi) is 4.64. The summed E-state index contributed by atoms with van der Waals surface area (Å²) >= 11 is 0. The van der Waals surface area contributed by atoms with E-state index in [4.69, 9.17) is 9.47 Å². The molecule has 24 heavy (non-hydrogen) atoms. The second-order valence-corrected chi connectivity index (χ2v) is 6.20. The quantitative estimate of drug-likeness (QED) is 0.826. The van der Waals surface area contributed by atoms with Crippen molar-refractivity contribution in [2.75, 3.05) is 7.11 Å². The maximum atomic E-state index is 11.6. The van der Waals surface area contributed by atoms with Crippen molar-refractivity contribution in [1.29, 1.82) is 0 Å². The fourth-order valence-electron chi connectivity index (χ4n) is 2.96. The Bertz CT molecular complexity index is 723. The Balaban J connectivity index is 1.68. The van der Waals surface area contributed by atoms with Crippen LogP contribution in [-0.2, 0) is 16.9 Å². The highest BCUT2D eigenvalue weighted by atomic mass is 16.5. The SMILES string of the molecule is COc1ncc(C(C)=O)cc1C1(O)CC(OCc2ccccc2)C1. The van der Waals surface area contributed by atoms with Crippen molar-refractivity contribution in [3.05, 3.63) is 59.3 Å². The largest absolute Gasteiger partial charge is 0.481 e. The average molecular weight is 327 g/mol.